The first-order chi connectivity index (χ1) is 13.7. The van der Waals surface area contributed by atoms with Crippen molar-refractivity contribution in [3.8, 4) is 6.07 Å². The van der Waals surface area contributed by atoms with E-state index in [2.05, 4.69) is 27.0 Å². The molecule has 3 rings (SSSR count). The topological polar surface area (TPSA) is 66.2 Å². The Labute approximate surface area is 180 Å². The molecule has 6 heteroatoms. The maximum atomic E-state index is 13.0. The van der Waals surface area contributed by atoms with Crippen LogP contribution in [0.4, 0.5) is 4.79 Å². The number of aromatic nitrogens is 1. The Morgan fingerprint density at radius 3 is 2.69 bits per heavy atom. The van der Waals surface area contributed by atoms with Crippen molar-refractivity contribution in [1.82, 2.24) is 9.88 Å². The first kappa shape index (κ1) is 21.3. The predicted octanol–water partition coefficient (Wildman–Crippen LogP) is 5.60. The molecule has 0 saturated heterocycles. The predicted molar refractivity (Wildman–Crippen MR) is 115 cm³/mol. The number of ether oxygens (including phenoxy) is 1. The minimum absolute atomic E-state index is 0.0799. The minimum atomic E-state index is -0.654. The second-order valence-corrected chi connectivity index (χ2v) is 9.49. The monoisotopic (exact) mass is 455 g/mol. The van der Waals surface area contributed by atoms with Crippen molar-refractivity contribution in [2.45, 2.75) is 63.6 Å². The Morgan fingerprint density at radius 1 is 1.34 bits per heavy atom. The number of amides is 1. The van der Waals surface area contributed by atoms with Gasteiger partial charge in [0.2, 0.25) is 0 Å². The van der Waals surface area contributed by atoms with Gasteiger partial charge in [0.15, 0.2) is 0 Å². The third kappa shape index (κ3) is 5.16. The van der Waals surface area contributed by atoms with Gasteiger partial charge in [-0.25, -0.2) is 4.79 Å². The fraction of sp³-hybridized carbons (Fsp3) is 0.435. The molecule has 1 aromatic carbocycles. The number of carbonyl (C=O) groups is 1. The van der Waals surface area contributed by atoms with Crippen molar-refractivity contribution in [3.63, 3.8) is 0 Å². The molecule has 1 fully saturated rings. The average Bonchev–Trinajstić information content (AvgIpc) is 3.11. The number of rotatable bonds is 4. The molecule has 29 heavy (non-hydrogen) atoms. The van der Waals surface area contributed by atoms with Crippen LogP contribution in [0.1, 0.15) is 51.2 Å². The summed E-state index contributed by atoms with van der Waals surface area (Å²) in [5, 5.41) is 10.0. The van der Waals surface area contributed by atoms with Gasteiger partial charge in [0.1, 0.15) is 5.60 Å². The zero-order valence-corrected chi connectivity index (χ0v) is 18.6. The highest BCUT2D eigenvalue weighted by Gasteiger charge is 2.45. The summed E-state index contributed by atoms with van der Waals surface area (Å²) in [4.78, 5) is 19.1. The summed E-state index contributed by atoms with van der Waals surface area (Å²) in [7, 11) is 0. The molecule has 0 N–H and O–H groups in total. The first-order valence-electron chi connectivity index (χ1n) is 9.78. The lowest BCUT2D eigenvalue weighted by Crippen LogP contribution is -2.42. The van der Waals surface area contributed by atoms with Crippen molar-refractivity contribution < 1.29 is 9.53 Å². The van der Waals surface area contributed by atoms with Crippen LogP contribution in [0.3, 0.4) is 0 Å². The van der Waals surface area contributed by atoms with Crippen LogP contribution in [0.15, 0.2) is 53.3 Å². The van der Waals surface area contributed by atoms with Gasteiger partial charge in [-0.3, -0.25) is 4.98 Å². The number of hydrogen-bond donors (Lipinski definition) is 0. The van der Waals surface area contributed by atoms with Crippen LogP contribution >= 0.6 is 15.9 Å². The van der Waals surface area contributed by atoms with Crippen molar-refractivity contribution >= 4 is 22.0 Å². The molecule has 1 heterocycles. The highest BCUT2D eigenvalue weighted by atomic mass is 79.9. The van der Waals surface area contributed by atoms with E-state index in [4.69, 9.17) is 4.74 Å². The molecular formula is C23H26BrN3O2. The molecule has 1 aliphatic rings. The van der Waals surface area contributed by atoms with Crippen molar-refractivity contribution in [2.75, 3.05) is 0 Å². The Balaban J connectivity index is 1.88. The van der Waals surface area contributed by atoms with E-state index < -0.39 is 11.0 Å². The highest BCUT2D eigenvalue weighted by Crippen LogP contribution is 2.43. The van der Waals surface area contributed by atoms with Gasteiger partial charge in [-0.05, 0) is 73.2 Å². The number of nitriles is 1. The fourth-order valence-electron chi connectivity index (χ4n) is 3.83. The normalized spacial score (nSPS) is 21.4. The van der Waals surface area contributed by atoms with Gasteiger partial charge in [-0.2, -0.15) is 5.26 Å². The van der Waals surface area contributed by atoms with Crippen LogP contribution in [0.5, 0.6) is 0 Å². The molecule has 1 amide bonds. The maximum absolute atomic E-state index is 13.0. The SMILES string of the molecule is CC(C)(C)OC(=O)N(Cc1ccccc1)C1CCC(C#N)(c2cncc(Br)c2)C1. The molecule has 1 aromatic heterocycles. The van der Waals surface area contributed by atoms with Crippen LogP contribution < -0.4 is 0 Å². The van der Waals surface area contributed by atoms with Crippen LogP contribution in [-0.2, 0) is 16.7 Å². The van der Waals surface area contributed by atoms with E-state index in [1.54, 1.807) is 17.3 Å². The van der Waals surface area contributed by atoms with Gasteiger partial charge < -0.3 is 9.64 Å². The van der Waals surface area contributed by atoms with Gasteiger partial charge in [0.25, 0.3) is 0 Å². The molecule has 2 unspecified atom stereocenters. The number of carbonyl (C=O) groups excluding carboxylic acids is 1. The van der Waals surface area contributed by atoms with E-state index in [0.29, 0.717) is 19.4 Å². The third-order valence-electron chi connectivity index (χ3n) is 5.22. The summed E-state index contributed by atoms with van der Waals surface area (Å²) >= 11 is 3.45. The Morgan fingerprint density at radius 2 is 2.07 bits per heavy atom. The number of pyridine rings is 1. The third-order valence-corrected chi connectivity index (χ3v) is 5.66. The highest BCUT2D eigenvalue weighted by molar-refractivity contribution is 9.10. The maximum Gasteiger partial charge on any atom is 0.410 e. The smallest absolute Gasteiger partial charge is 0.410 e. The van der Waals surface area contributed by atoms with Crippen molar-refractivity contribution in [2.24, 2.45) is 0 Å². The lowest BCUT2D eigenvalue weighted by Gasteiger charge is -2.32. The molecule has 0 radical (unpaired) electrons. The summed E-state index contributed by atoms with van der Waals surface area (Å²) < 4.78 is 6.54. The van der Waals surface area contributed by atoms with Gasteiger partial charge in [0, 0.05) is 29.5 Å². The number of hydrogen-bond acceptors (Lipinski definition) is 4. The molecular weight excluding hydrogens is 430 g/mol. The zero-order chi connectivity index (χ0) is 21.1. The van der Waals surface area contributed by atoms with E-state index in [1.807, 2.05) is 57.2 Å². The van der Waals surface area contributed by atoms with Crippen LogP contribution in [0.25, 0.3) is 0 Å². The summed E-state index contributed by atoms with van der Waals surface area (Å²) in [5.74, 6) is 0. The molecule has 1 saturated carbocycles. The quantitative estimate of drug-likeness (QED) is 0.601. The Hall–Kier alpha value is -2.39. The Bertz CT molecular complexity index is 904. The molecule has 1 aliphatic carbocycles. The first-order valence-corrected chi connectivity index (χ1v) is 10.6. The number of halogens is 1. The van der Waals surface area contributed by atoms with E-state index in [-0.39, 0.29) is 12.1 Å². The van der Waals surface area contributed by atoms with E-state index >= 15 is 0 Å². The van der Waals surface area contributed by atoms with Crippen molar-refractivity contribution in [3.05, 3.63) is 64.4 Å². The van der Waals surface area contributed by atoms with E-state index in [9.17, 15) is 10.1 Å². The Kier molecular flexibility index (Phi) is 6.28. The average molecular weight is 456 g/mol. The van der Waals surface area contributed by atoms with Gasteiger partial charge in [-0.15, -0.1) is 0 Å². The molecule has 0 aliphatic heterocycles. The summed E-state index contributed by atoms with van der Waals surface area (Å²) in [6.45, 7) is 6.06. The minimum Gasteiger partial charge on any atom is -0.444 e. The zero-order valence-electron chi connectivity index (χ0n) is 17.1. The van der Waals surface area contributed by atoms with Gasteiger partial charge >= 0.3 is 6.09 Å². The van der Waals surface area contributed by atoms with E-state index in [0.717, 1.165) is 22.0 Å². The second-order valence-electron chi connectivity index (χ2n) is 8.58. The van der Waals surface area contributed by atoms with Gasteiger partial charge in [-0.1, -0.05) is 30.3 Å². The van der Waals surface area contributed by atoms with Crippen LogP contribution in [-0.4, -0.2) is 27.6 Å². The molecule has 152 valence electrons. The van der Waals surface area contributed by atoms with Crippen LogP contribution in [0.2, 0.25) is 0 Å². The molecule has 2 atom stereocenters. The lowest BCUT2D eigenvalue weighted by molar-refractivity contribution is 0.0141. The van der Waals surface area contributed by atoms with Crippen LogP contribution in [0, 0.1) is 11.3 Å². The molecule has 5 nitrogen and oxygen atoms in total. The molecule has 0 bridgehead atoms. The second kappa shape index (κ2) is 8.54. The summed E-state index contributed by atoms with van der Waals surface area (Å²) in [6.07, 6.45) is 5.11. The standard InChI is InChI=1S/C23H26BrN3O2/c1-22(2,3)29-21(28)27(15-17-7-5-4-6-8-17)20-9-10-23(12-20,16-25)18-11-19(24)14-26-13-18/h4-8,11,13-14,20H,9-10,12,15H2,1-3H3. The van der Waals surface area contributed by atoms with E-state index in [1.165, 1.54) is 0 Å². The van der Waals surface area contributed by atoms with Crippen molar-refractivity contribution in [1.29, 1.82) is 5.26 Å². The molecule has 2 aromatic rings. The summed E-state index contributed by atoms with van der Waals surface area (Å²) in [5.41, 5.74) is 0.696. The lowest BCUT2D eigenvalue weighted by atomic mass is 9.81. The molecule has 0 spiro atoms. The fourth-order valence-corrected chi connectivity index (χ4v) is 4.20. The van der Waals surface area contributed by atoms with Gasteiger partial charge in [0.05, 0.1) is 11.5 Å². The largest absolute Gasteiger partial charge is 0.444 e. The summed E-state index contributed by atoms with van der Waals surface area (Å²) in [6, 6.07) is 14.3. The number of benzene rings is 1. The number of nitrogens with zero attached hydrogens (tertiary/aromatic N) is 3.